The summed E-state index contributed by atoms with van der Waals surface area (Å²) in [5, 5.41) is 0. The second kappa shape index (κ2) is 4.71. The molecule has 114 valence electrons. The number of carbonyl (C=O) groups is 1. The van der Waals surface area contributed by atoms with Gasteiger partial charge in [-0.05, 0) is 53.8 Å². The first-order chi connectivity index (χ1) is 10.7. The van der Waals surface area contributed by atoms with Gasteiger partial charge in [0, 0.05) is 13.1 Å². The highest BCUT2D eigenvalue weighted by Crippen LogP contribution is 2.51. The second-order valence-corrected chi connectivity index (χ2v) is 6.02. The van der Waals surface area contributed by atoms with E-state index in [1.54, 1.807) is 20.3 Å². The molecule has 0 bridgehead atoms. The average Bonchev–Trinajstić information content (AvgIpc) is 2.92. The minimum absolute atomic E-state index is 0.0278. The molecule has 2 aliphatic heterocycles. The van der Waals surface area contributed by atoms with Crippen molar-refractivity contribution >= 4 is 5.78 Å². The number of hydrogen-bond acceptors (Lipinski definition) is 4. The number of ketones is 1. The number of hydrogen-bond donors (Lipinski definition) is 0. The minimum Gasteiger partial charge on any atom is -0.497 e. The maximum absolute atomic E-state index is 12.2. The molecule has 1 aliphatic carbocycles. The maximum Gasteiger partial charge on any atom is 0.220 e. The van der Waals surface area contributed by atoms with Gasteiger partial charge >= 0.3 is 0 Å². The van der Waals surface area contributed by atoms with Crippen LogP contribution < -0.4 is 4.74 Å². The van der Waals surface area contributed by atoms with E-state index in [-0.39, 0.29) is 11.3 Å². The third kappa shape index (κ3) is 1.64. The Labute approximate surface area is 130 Å². The van der Waals surface area contributed by atoms with E-state index in [1.165, 1.54) is 16.7 Å². The van der Waals surface area contributed by atoms with Crippen molar-refractivity contribution in [3.63, 3.8) is 0 Å². The summed E-state index contributed by atoms with van der Waals surface area (Å²) in [6, 6.07) is 6.27. The van der Waals surface area contributed by atoms with Gasteiger partial charge in [-0.3, -0.25) is 9.69 Å². The fraction of sp³-hybridized carbons (Fsp3) is 0.389. The van der Waals surface area contributed by atoms with Crippen LogP contribution in [0.3, 0.4) is 0 Å². The molecule has 1 spiro atoms. The highest BCUT2D eigenvalue weighted by atomic mass is 16.5. The SMILES string of the molecule is COC1=C[C@@]23C(=CC1=O)CCN2CCc1ccc(OC)cc13. The summed E-state index contributed by atoms with van der Waals surface area (Å²) in [6.07, 6.45) is 5.73. The molecule has 3 aliphatic rings. The molecule has 4 nitrogen and oxygen atoms in total. The number of allylic oxidation sites excluding steroid dienone is 1. The molecule has 1 saturated heterocycles. The lowest BCUT2D eigenvalue weighted by atomic mass is 9.74. The monoisotopic (exact) mass is 297 g/mol. The predicted molar refractivity (Wildman–Crippen MR) is 82.7 cm³/mol. The molecule has 0 N–H and O–H groups in total. The standard InChI is InChI=1S/C18H19NO3/c1-21-14-4-3-12-5-7-19-8-6-13-9-16(20)17(22-2)11-18(13,19)15(12)10-14/h3-4,9-11H,5-8H2,1-2H3/t18-/m0/s1. The van der Waals surface area contributed by atoms with Gasteiger partial charge in [-0.15, -0.1) is 0 Å². The topological polar surface area (TPSA) is 38.8 Å². The number of fused-ring (bicyclic) bond motifs is 1. The lowest BCUT2D eigenvalue weighted by molar-refractivity contribution is -0.114. The highest BCUT2D eigenvalue weighted by molar-refractivity contribution is 6.05. The van der Waals surface area contributed by atoms with Gasteiger partial charge in [0.15, 0.2) is 5.76 Å². The number of carbonyl (C=O) groups excluding carboxylic acids is 1. The Hall–Kier alpha value is -2.07. The zero-order valence-corrected chi connectivity index (χ0v) is 12.9. The molecule has 4 heteroatoms. The first kappa shape index (κ1) is 13.6. The molecular weight excluding hydrogens is 278 g/mol. The van der Waals surface area contributed by atoms with Crippen molar-refractivity contribution < 1.29 is 14.3 Å². The number of ether oxygens (including phenoxy) is 2. The minimum atomic E-state index is -0.332. The number of nitrogens with zero attached hydrogens (tertiary/aromatic N) is 1. The molecule has 0 saturated carbocycles. The van der Waals surface area contributed by atoms with Gasteiger partial charge in [0.1, 0.15) is 5.75 Å². The summed E-state index contributed by atoms with van der Waals surface area (Å²) in [7, 11) is 3.25. The molecule has 0 amide bonds. The van der Waals surface area contributed by atoms with Crippen LogP contribution in [-0.4, -0.2) is 38.0 Å². The van der Waals surface area contributed by atoms with Crippen molar-refractivity contribution in [1.82, 2.24) is 4.90 Å². The molecule has 0 unspecified atom stereocenters. The predicted octanol–water partition coefficient (Wildman–Crippen LogP) is 2.19. The van der Waals surface area contributed by atoms with E-state index in [1.807, 2.05) is 12.1 Å². The van der Waals surface area contributed by atoms with E-state index >= 15 is 0 Å². The normalized spacial score (nSPS) is 26.5. The molecule has 22 heavy (non-hydrogen) atoms. The second-order valence-electron chi connectivity index (χ2n) is 6.02. The third-order valence-electron chi connectivity index (χ3n) is 5.13. The Morgan fingerprint density at radius 1 is 1.14 bits per heavy atom. The van der Waals surface area contributed by atoms with Gasteiger partial charge in [-0.2, -0.15) is 0 Å². The van der Waals surface area contributed by atoms with E-state index in [9.17, 15) is 4.79 Å². The number of benzene rings is 1. The van der Waals surface area contributed by atoms with Crippen LogP contribution in [0.2, 0.25) is 0 Å². The maximum atomic E-state index is 12.2. The molecule has 1 fully saturated rings. The third-order valence-corrected chi connectivity index (χ3v) is 5.13. The summed E-state index contributed by atoms with van der Waals surface area (Å²) >= 11 is 0. The van der Waals surface area contributed by atoms with E-state index in [0.717, 1.165) is 31.7 Å². The molecule has 0 aromatic heterocycles. The lowest BCUT2D eigenvalue weighted by Gasteiger charge is -2.44. The van der Waals surface area contributed by atoms with Crippen LogP contribution in [0.15, 0.2) is 41.7 Å². The summed E-state index contributed by atoms with van der Waals surface area (Å²) in [5.74, 6) is 1.26. The van der Waals surface area contributed by atoms with Gasteiger partial charge < -0.3 is 9.47 Å². The summed E-state index contributed by atoms with van der Waals surface area (Å²) in [4.78, 5) is 14.6. The first-order valence-electron chi connectivity index (χ1n) is 7.63. The largest absolute Gasteiger partial charge is 0.497 e. The van der Waals surface area contributed by atoms with Crippen molar-refractivity contribution in [1.29, 1.82) is 0 Å². The van der Waals surface area contributed by atoms with Crippen LogP contribution in [0.1, 0.15) is 17.5 Å². The smallest absolute Gasteiger partial charge is 0.220 e. The van der Waals surface area contributed by atoms with Crippen LogP contribution >= 0.6 is 0 Å². The highest BCUT2D eigenvalue weighted by Gasteiger charge is 2.50. The van der Waals surface area contributed by atoms with Gasteiger partial charge in [0.25, 0.3) is 0 Å². The molecule has 1 aromatic rings. The average molecular weight is 297 g/mol. The first-order valence-corrected chi connectivity index (χ1v) is 7.63. The zero-order valence-electron chi connectivity index (χ0n) is 12.9. The Kier molecular flexibility index (Phi) is 2.91. The van der Waals surface area contributed by atoms with E-state index in [4.69, 9.17) is 9.47 Å². The van der Waals surface area contributed by atoms with Gasteiger partial charge in [0.2, 0.25) is 5.78 Å². The van der Waals surface area contributed by atoms with Crippen molar-refractivity contribution in [2.75, 3.05) is 27.3 Å². The Balaban J connectivity index is 1.98. The molecule has 1 atom stereocenters. The van der Waals surface area contributed by atoms with Crippen molar-refractivity contribution in [3.8, 4) is 5.75 Å². The van der Waals surface area contributed by atoms with E-state index in [2.05, 4.69) is 17.0 Å². The van der Waals surface area contributed by atoms with E-state index in [0.29, 0.717) is 5.76 Å². The van der Waals surface area contributed by atoms with E-state index < -0.39 is 0 Å². The lowest BCUT2D eigenvalue weighted by Crippen LogP contribution is -2.47. The van der Waals surface area contributed by atoms with Crippen molar-refractivity contribution in [2.24, 2.45) is 0 Å². The van der Waals surface area contributed by atoms with Gasteiger partial charge in [0.05, 0.1) is 19.8 Å². The fourth-order valence-corrected chi connectivity index (χ4v) is 4.06. The van der Waals surface area contributed by atoms with Crippen LogP contribution in [0.25, 0.3) is 0 Å². The Morgan fingerprint density at radius 2 is 1.95 bits per heavy atom. The van der Waals surface area contributed by atoms with Gasteiger partial charge in [-0.1, -0.05) is 6.07 Å². The molecule has 4 rings (SSSR count). The number of rotatable bonds is 2. The Bertz CT molecular complexity index is 719. The van der Waals surface area contributed by atoms with Crippen LogP contribution in [0.5, 0.6) is 5.75 Å². The van der Waals surface area contributed by atoms with Gasteiger partial charge in [-0.25, -0.2) is 0 Å². The Morgan fingerprint density at radius 3 is 2.73 bits per heavy atom. The molecule has 0 radical (unpaired) electrons. The summed E-state index contributed by atoms with van der Waals surface area (Å²) in [6.45, 7) is 1.97. The van der Waals surface area contributed by atoms with Crippen LogP contribution in [0, 0.1) is 0 Å². The fourth-order valence-electron chi connectivity index (χ4n) is 4.06. The van der Waals surface area contributed by atoms with Crippen molar-refractivity contribution in [3.05, 3.63) is 52.8 Å². The molecule has 2 heterocycles. The summed E-state index contributed by atoms with van der Waals surface area (Å²) in [5.41, 5.74) is 3.39. The molecule has 1 aromatic carbocycles. The summed E-state index contributed by atoms with van der Waals surface area (Å²) < 4.78 is 10.8. The zero-order chi connectivity index (χ0) is 15.3. The van der Waals surface area contributed by atoms with Crippen molar-refractivity contribution in [2.45, 2.75) is 18.4 Å². The quantitative estimate of drug-likeness (QED) is 0.839. The van der Waals surface area contributed by atoms with Crippen LogP contribution in [0.4, 0.5) is 0 Å². The number of methoxy groups -OCH3 is 2. The molecular formula is C18H19NO3. The van der Waals surface area contributed by atoms with Crippen LogP contribution in [-0.2, 0) is 21.5 Å².